The highest BCUT2D eigenvalue weighted by atomic mass is 35.5. The number of nitrogens with one attached hydrogen (secondary N) is 2. The molecule has 2 aliphatic heterocycles. The van der Waals surface area contributed by atoms with Gasteiger partial charge in [-0.25, -0.2) is 4.39 Å². The fourth-order valence-electron chi connectivity index (χ4n) is 2.75. The highest BCUT2D eigenvalue weighted by molar-refractivity contribution is 5.85. The van der Waals surface area contributed by atoms with Crippen LogP contribution in [0.4, 0.5) is 10.1 Å². The molecule has 116 valence electrons. The van der Waals surface area contributed by atoms with Gasteiger partial charge in [0.1, 0.15) is 5.82 Å². The highest BCUT2D eigenvalue weighted by Crippen LogP contribution is 2.23. The van der Waals surface area contributed by atoms with Crippen LogP contribution in [0.5, 0.6) is 0 Å². The molecule has 2 aliphatic rings. The zero-order valence-corrected chi connectivity index (χ0v) is 12.7. The van der Waals surface area contributed by atoms with E-state index < -0.39 is 0 Å². The van der Waals surface area contributed by atoms with Crippen molar-refractivity contribution < 1.29 is 9.18 Å². The lowest BCUT2D eigenvalue weighted by molar-refractivity contribution is -0.126. The number of benzene rings is 1. The number of anilines is 1. The van der Waals surface area contributed by atoms with Crippen LogP contribution in [0.3, 0.4) is 0 Å². The molecule has 1 amide bonds. The van der Waals surface area contributed by atoms with Gasteiger partial charge >= 0.3 is 0 Å². The van der Waals surface area contributed by atoms with E-state index in [-0.39, 0.29) is 30.0 Å². The molecule has 1 aromatic rings. The van der Waals surface area contributed by atoms with Crippen molar-refractivity contribution >= 4 is 24.0 Å². The van der Waals surface area contributed by atoms with E-state index in [9.17, 15) is 9.18 Å². The monoisotopic (exact) mass is 313 g/mol. The molecule has 1 unspecified atom stereocenters. The number of carbonyl (C=O) groups excluding carboxylic acids is 1. The Morgan fingerprint density at radius 2 is 2.05 bits per heavy atom. The van der Waals surface area contributed by atoms with Crippen LogP contribution < -0.4 is 15.5 Å². The Bertz CT molecular complexity index is 478. The molecule has 1 aromatic carbocycles. The van der Waals surface area contributed by atoms with Crippen molar-refractivity contribution in [1.29, 1.82) is 0 Å². The van der Waals surface area contributed by atoms with E-state index >= 15 is 0 Å². The highest BCUT2D eigenvalue weighted by Gasteiger charge is 2.27. The summed E-state index contributed by atoms with van der Waals surface area (Å²) >= 11 is 0. The molecule has 2 heterocycles. The van der Waals surface area contributed by atoms with Crippen LogP contribution in [0.1, 0.15) is 6.42 Å². The molecule has 1 atom stereocenters. The van der Waals surface area contributed by atoms with Crippen molar-refractivity contribution in [2.75, 3.05) is 37.6 Å². The average Bonchev–Trinajstić information content (AvgIpc) is 2.84. The standard InChI is InChI=1S/C15H20FN3O.ClH/c16-13-1-3-14(4-2-13)19-6-5-11(10-19)7-18-15(20)12-8-17-9-12;/h1-4,11-12,17H,5-10H2,(H,18,20);1H. The molecule has 2 saturated heterocycles. The number of nitrogens with zero attached hydrogens (tertiary/aromatic N) is 1. The first-order valence-corrected chi connectivity index (χ1v) is 7.21. The van der Waals surface area contributed by atoms with Gasteiger partial charge in [0.2, 0.25) is 5.91 Å². The summed E-state index contributed by atoms with van der Waals surface area (Å²) in [5, 5.41) is 6.15. The second kappa shape index (κ2) is 7.09. The fraction of sp³-hybridized carbons (Fsp3) is 0.533. The summed E-state index contributed by atoms with van der Waals surface area (Å²) in [4.78, 5) is 14.0. The molecule has 0 saturated carbocycles. The number of hydrogen-bond donors (Lipinski definition) is 2. The topological polar surface area (TPSA) is 44.4 Å². The lowest BCUT2D eigenvalue weighted by atomic mass is 10.0. The van der Waals surface area contributed by atoms with E-state index in [1.165, 1.54) is 12.1 Å². The van der Waals surface area contributed by atoms with Gasteiger partial charge in [-0.05, 0) is 36.6 Å². The Labute approximate surface area is 130 Å². The van der Waals surface area contributed by atoms with E-state index in [0.29, 0.717) is 5.92 Å². The average molecular weight is 314 g/mol. The zero-order chi connectivity index (χ0) is 13.9. The number of carbonyl (C=O) groups is 1. The van der Waals surface area contributed by atoms with Crippen LogP contribution >= 0.6 is 12.4 Å². The van der Waals surface area contributed by atoms with Gasteiger partial charge in [0.15, 0.2) is 0 Å². The minimum absolute atomic E-state index is 0. The van der Waals surface area contributed by atoms with E-state index in [4.69, 9.17) is 0 Å². The summed E-state index contributed by atoms with van der Waals surface area (Å²) in [5.41, 5.74) is 1.06. The van der Waals surface area contributed by atoms with Gasteiger partial charge in [-0.2, -0.15) is 0 Å². The minimum atomic E-state index is -0.203. The Balaban J connectivity index is 0.00000161. The second-order valence-corrected chi connectivity index (χ2v) is 5.68. The Morgan fingerprint density at radius 3 is 2.67 bits per heavy atom. The summed E-state index contributed by atoms with van der Waals surface area (Å²) in [6.45, 7) is 4.25. The maximum absolute atomic E-state index is 12.9. The molecule has 2 fully saturated rings. The van der Waals surface area contributed by atoms with Crippen molar-refractivity contribution in [1.82, 2.24) is 10.6 Å². The first kappa shape index (κ1) is 16.0. The molecule has 3 rings (SSSR count). The largest absolute Gasteiger partial charge is 0.371 e. The van der Waals surface area contributed by atoms with E-state index in [0.717, 1.165) is 44.8 Å². The van der Waals surface area contributed by atoms with Crippen molar-refractivity contribution in [2.24, 2.45) is 11.8 Å². The van der Waals surface area contributed by atoms with Crippen LogP contribution in [0.2, 0.25) is 0 Å². The molecular formula is C15H21ClFN3O. The predicted molar refractivity (Wildman–Crippen MR) is 83.3 cm³/mol. The number of rotatable bonds is 4. The fourth-order valence-corrected chi connectivity index (χ4v) is 2.75. The van der Waals surface area contributed by atoms with Gasteiger partial charge in [0.05, 0.1) is 5.92 Å². The molecule has 0 spiro atoms. The van der Waals surface area contributed by atoms with Gasteiger partial charge in [0.25, 0.3) is 0 Å². The molecule has 0 bridgehead atoms. The predicted octanol–water partition coefficient (Wildman–Crippen LogP) is 1.41. The van der Waals surface area contributed by atoms with Crippen molar-refractivity contribution in [3.8, 4) is 0 Å². The maximum atomic E-state index is 12.9. The summed E-state index contributed by atoms with van der Waals surface area (Å²) in [6, 6.07) is 6.62. The first-order chi connectivity index (χ1) is 9.72. The van der Waals surface area contributed by atoms with Crippen LogP contribution in [0.25, 0.3) is 0 Å². The van der Waals surface area contributed by atoms with Crippen molar-refractivity contribution in [3.05, 3.63) is 30.1 Å². The summed E-state index contributed by atoms with van der Waals surface area (Å²) in [5.74, 6) is 0.608. The molecule has 0 aliphatic carbocycles. The van der Waals surface area contributed by atoms with Gasteiger partial charge in [-0.1, -0.05) is 0 Å². The molecule has 0 aromatic heterocycles. The Morgan fingerprint density at radius 1 is 1.33 bits per heavy atom. The molecule has 6 heteroatoms. The van der Waals surface area contributed by atoms with E-state index in [2.05, 4.69) is 15.5 Å². The third kappa shape index (κ3) is 3.86. The zero-order valence-electron chi connectivity index (χ0n) is 11.8. The Kier molecular flexibility index (Phi) is 5.42. The number of halogens is 2. The van der Waals surface area contributed by atoms with Crippen LogP contribution in [-0.2, 0) is 4.79 Å². The second-order valence-electron chi connectivity index (χ2n) is 5.68. The molecule has 0 radical (unpaired) electrons. The smallest absolute Gasteiger partial charge is 0.225 e. The quantitative estimate of drug-likeness (QED) is 0.883. The third-order valence-electron chi connectivity index (χ3n) is 4.19. The number of hydrogen-bond acceptors (Lipinski definition) is 3. The normalized spacial score (nSPS) is 21.6. The molecule has 2 N–H and O–H groups in total. The third-order valence-corrected chi connectivity index (χ3v) is 4.19. The molecular weight excluding hydrogens is 293 g/mol. The molecule has 21 heavy (non-hydrogen) atoms. The Hall–Kier alpha value is -1.33. The summed E-state index contributed by atoms with van der Waals surface area (Å²) in [6.07, 6.45) is 1.07. The van der Waals surface area contributed by atoms with Gasteiger partial charge in [-0.3, -0.25) is 4.79 Å². The summed E-state index contributed by atoms with van der Waals surface area (Å²) in [7, 11) is 0. The maximum Gasteiger partial charge on any atom is 0.225 e. The van der Waals surface area contributed by atoms with Crippen LogP contribution in [0, 0.1) is 17.7 Å². The number of amides is 1. The lowest BCUT2D eigenvalue weighted by Crippen LogP contribution is -2.51. The van der Waals surface area contributed by atoms with Gasteiger partial charge < -0.3 is 15.5 Å². The van der Waals surface area contributed by atoms with Crippen molar-refractivity contribution in [2.45, 2.75) is 6.42 Å². The minimum Gasteiger partial charge on any atom is -0.371 e. The SMILES string of the molecule is Cl.O=C(NCC1CCN(c2ccc(F)cc2)C1)C1CNC1. The van der Waals surface area contributed by atoms with Gasteiger partial charge in [-0.15, -0.1) is 12.4 Å². The van der Waals surface area contributed by atoms with Crippen LogP contribution in [0.15, 0.2) is 24.3 Å². The first-order valence-electron chi connectivity index (χ1n) is 7.21. The van der Waals surface area contributed by atoms with E-state index in [1.54, 1.807) is 0 Å². The van der Waals surface area contributed by atoms with E-state index in [1.807, 2.05) is 12.1 Å². The molecule has 4 nitrogen and oxygen atoms in total. The van der Waals surface area contributed by atoms with Crippen molar-refractivity contribution in [3.63, 3.8) is 0 Å². The lowest BCUT2D eigenvalue weighted by Gasteiger charge is -2.26. The summed E-state index contributed by atoms with van der Waals surface area (Å²) < 4.78 is 12.9. The van der Waals surface area contributed by atoms with Gasteiger partial charge in [0, 0.05) is 38.4 Å². The van der Waals surface area contributed by atoms with Crippen LogP contribution in [-0.4, -0.2) is 38.6 Å².